The number of carbonyl (C=O) groups is 2. The van der Waals surface area contributed by atoms with E-state index in [1.54, 1.807) is 19.1 Å². The van der Waals surface area contributed by atoms with Crippen molar-refractivity contribution >= 4 is 17.6 Å². The summed E-state index contributed by atoms with van der Waals surface area (Å²) in [6.45, 7) is 4.70. The molecule has 8 heteroatoms. The maximum atomic E-state index is 13.0. The van der Waals surface area contributed by atoms with E-state index in [2.05, 4.69) is 11.8 Å². The van der Waals surface area contributed by atoms with Gasteiger partial charge in [-0.1, -0.05) is 13.0 Å². The molecule has 0 aromatic heterocycles. The summed E-state index contributed by atoms with van der Waals surface area (Å²) >= 11 is 0. The normalized spacial score (nSPS) is 15.3. The Balaban J connectivity index is 1.71. The van der Waals surface area contributed by atoms with E-state index in [9.17, 15) is 9.59 Å². The Kier molecular flexibility index (Phi) is 9.40. The number of ether oxygens (including phenoxy) is 3. The SMILES string of the molecule is CCCOc1ccc(N2CCC(N(CCc3ccc(OC)c(OC)c3)C(=O)C=CC(=O)O)C2)cc1. The molecule has 1 N–H and O–H groups in total. The smallest absolute Gasteiger partial charge is 0.328 e. The number of nitrogens with zero attached hydrogens (tertiary/aromatic N) is 2. The molecule has 188 valence electrons. The molecule has 0 saturated carbocycles. The van der Waals surface area contributed by atoms with E-state index >= 15 is 0 Å². The lowest BCUT2D eigenvalue weighted by molar-refractivity contribution is -0.132. The quantitative estimate of drug-likeness (QED) is 0.461. The standard InChI is InChI=1S/C27H34N2O6/c1-4-17-35-23-8-6-21(7-9-23)28-15-14-22(19-28)29(26(30)11-12-27(31)32)16-13-20-5-10-24(33-2)25(18-20)34-3/h5-12,18,22H,4,13-17,19H2,1-3H3,(H,31,32). The fourth-order valence-corrected chi connectivity index (χ4v) is 4.20. The number of hydrogen-bond acceptors (Lipinski definition) is 6. The first-order chi connectivity index (χ1) is 16.9. The second-order valence-electron chi connectivity index (χ2n) is 8.37. The van der Waals surface area contributed by atoms with Gasteiger partial charge in [-0.2, -0.15) is 0 Å². The zero-order chi connectivity index (χ0) is 25.2. The van der Waals surface area contributed by atoms with Gasteiger partial charge in [0, 0.05) is 37.5 Å². The summed E-state index contributed by atoms with van der Waals surface area (Å²) in [5, 5.41) is 8.99. The summed E-state index contributed by atoms with van der Waals surface area (Å²) in [4.78, 5) is 28.0. The molecule has 35 heavy (non-hydrogen) atoms. The van der Waals surface area contributed by atoms with E-state index < -0.39 is 5.97 Å². The number of carboxylic acid groups (broad SMARTS) is 1. The van der Waals surface area contributed by atoms with Crippen LogP contribution in [-0.2, 0) is 16.0 Å². The van der Waals surface area contributed by atoms with E-state index in [1.807, 2.05) is 42.5 Å². The second kappa shape index (κ2) is 12.7. The molecule has 0 bridgehead atoms. The van der Waals surface area contributed by atoms with Gasteiger partial charge in [0.1, 0.15) is 5.75 Å². The number of amides is 1. The van der Waals surface area contributed by atoms with Gasteiger partial charge in [0.2, 0.25) is 5.91 Å². The minimum absolute atomic E-state index is 0.0305. The molecule has 2 aromatic carbocycles. The van der Waals surface area contributed by atoms with Crippen LogP contribution < -0.4 is 19.1 Å². The number of anilines is 1. The second-order valence-corrected chi connectivity index (χ2v) is 8.37. The predicted octanol–water partition coefficient (Wildman–Crippen LogP) is 3.78. The molecule has 1 amide bonds. The highest BCUT2D eigenvalue weighted by Gasteiger charge is 2.30. The van der Waals surface area contributed by atoms with Crippen LogP contribution in [0.2, 0.25) is 0 Å². The Morgan fingerprint density at radius 2 is 1.83 bits per heavy atom. The van der Waals surface area contributed by atoms with Crippen molar-refractivity contribution in [2.45, 2.75) is 32.2 Å². The van der Waals surface area contributed by atoms with Crippen LogP contribution in [0.15, 0.2) is 54.6 Å². The third-order valence-corrected chi connectivity index (χ3v) is 6.02. The molecular formula is C27H34N2O6. The minimum Gasteiger partial charge on any atom is -0.494 e. The van der Waals surface area contributed by atoms with Crippen molar-refractivity contribution in [2.24, 2.45) is 0 Å². The lowest BCUT2D eigenvalue weighted by Gasteiger charge is -2.29. The van der Waals surface area contributed by atoms with Gasteiger partial charge in [-0.15, -0.1) is 0 Å². The summed E-state index contributed by atoms with van der Waals surface area (Å²) in [6.07, 6.45) is 4.39. The average molecular weight is 483 g/mol. The van der Waals surface area contributed by atoms with Gasteiger partial charge in [0.15, 0.2) is 11.5 Å². The number of benzene rings is 2. The molecule has 1 fully saturated rings. The highest BCUT2D eigenvalue weighted by Crippen LogP contribution is 2.29. The maximum Gasteiger partial charge on any atom is 0.328 e. The summed E-state index contributed by atoms with van der Waals surface area (Å²) in [5.41, 5.74) is 2.07. The van der Waals surface area contributed by atoms with Crippen LogP contribution >= 0.6 is 0 Å². The van der Waals surface area contributed by atoms with E-state index in [1.165, 1.54) is 0 Å². The largest absolute Gasteiger partial charge is 0.494 e. The maximum absolute atomic E-state index is 13.0. The van der Waals surface area contributed by atoms with E-state index in [-0.39, 0.29) is 11.9 Å². The first-order valence-electron chi connectivity index (χ1n) is 11.9. The Hall–Kier alpha value is -3.68. The number of rotatable bonds is 12. The fourth-order valence-electron chi connectivity index (χ4n) is 4.20. The van der Waals surface area contributed by atoms with Gasteiger partial charge in [-0.3, -0.25) is 4.79 Å². The van der Waals surface area contributed by atoms with E-state index in [0.29, 0.717) is 37.6 Å². The first kappa shape index (κ1) is 25.9. The van der Waals surface area contributed by atoms with E-state index in [4.69, 9.17) is 19.3 Å². The average Bonchev–Trinajstić information content (AvgIpc) is 3.36. The Labute approximate surface area is 206 Å². The Morgan fingerprint density at radius 1 is 1.09 bits per heavy atom. The molecule has 1 unspecified atom stereocenters. The van der Waals surface area contributed by atoms with E-state index in [0.717, 1.165) is 48.5 Å². The molecule has 8 nitrogen and oxygen atoms in total. The molecule has 0 aliphatic carbocycles. The lowest BCUT2D eigenvalue weighted by atomic mass is 10.1. The van der Waals surface area contributed by atoms with Crippen LogP contribution in [0.4, 0.5) is 5.69 Å². The van der Waals surface area contributed by atoms with Gasteiger partial charge in [-0.05, 0) is 61.2 Å². The molecule has 1 atom stereocenters. The highest BCUT2D eigenvalue weighted by molar-refractivity contribution is 5.94. The number of carboxylic acids is 1. The Morgan fingerprint density at radius 3 is 2.49 bits per heavy atom. The topological polar surface area (TPSA) is 88.5 Å². The van der Waals surface area contributed by atoms with Crippen LogP contribution in [0, 0.1) is 0 Å². The molecule has 0 spiro atoms. The molecule has 1 heterocycles. The first-order valence-corrected chi connectivity index (χ1v) is 11.9. The Bertz CT molecular complexity index is 1020. The monoisotopic (exact) mass is 482 g/mol. The van der Waals surface area contributed by atoms with Crippen LogP contribution in [0.25, 0.3) is 0 Å². The van der Waals surface area contributed by atoms with Gasteiger partial charge in [0.05, 0.1) is 26.9 Å². The minimum atomic E-state index is -1.14. The van der Waals surface area contributed by atoms with Crippen LogP contribution in [0.5, 0.6) is 17.2 Å². The highest BCUT2D eigenvalue weighted by atomic mass is 16.5. The third-order valence-electron chi connectivity index (χ3n) is 6.02. The van der Waals surface area contributed by atoms with Crippen molar-refractivity contribution in [3.05, 3.63) is 60.2 Å². The molecule has 1 aliphatic rings. The predicted molar refractivity (Wildman–Crippen MR) is 135 cm³/mol. The number of methoxy groups -OCH3 is 2. The molecular weight excluding hydrogens is 448 g/mol. The zero-order valence-electron chi connectivity index (χ0n) is 20.6. The van der Waals surface area contributed by atoms with Crippen molar-refractivity contribution in [2.75, 3.05) is 45.4 Å². The molecule has 3 rings (SSSR count). The summed E-state index contributed by atoms with van der Waals surface area (Å²) in [6, 6.07) is 13.7. The third kappa shape index (κ3) is 7.15. The van der Waals surface area contributed by atoms with Crippen LogP contribution in [0.3, 0.4) is 0 Å². The summed E-state index contributed by atoms with van der Waals surface area (Å²) < 4.78 is 16.4. The molecule has 1 saturated heterocycles. The van der Waals surface area contributed by atoms with Crippen molar-refractivity contribution in [1.82, 2.24) is 4.90 Å². The molecule has 1 aliphatic heterocycles. The van der Waals surface area contributed by atoms with Crippen molar-refractivity contribution in [3.8, 4) is 17.2 Å². The van der Waals surface area contributed by atoms with Crippen molar-refractivity contribution in [1.29, 1.82) is 0 Å². The summed E-state index contributed by atoms with van der Waals surface area (Å²) in [5.74, 6) is 0.676. The van der Waals surface area contributed by atoms with Crippen LogP contribution in [-0.4, -0.2) is 68.4 Å². The van der Waals surface area contributed by atoms with Crippen molar-refractivity contribution < 1.29 is 28.9 Å². The fraction of sp³-hybridized carbons (Fsp3) is 0.407. The number of aliphatic carboxylic acids is 1. The van der Waals surface area contributed by atoms with Gasteiger partial charge >= 0.3 is 5.97 Å². The zero-order valence-corrected chi connectivity index (χ0v) is 20.6. The lowest BCUT2D eigenvalue weighted by Crippen LogP contribution is -2.42. The molecule has 2 aromatic rings. The van der Waals surface area contributed by atoms with Gasteiger partial charge in [0.25, 0.3) is 0 Å². The van der Waals surface area contributed by atoms with Gasteiger partial charge < -0.3 is 29.1 Å². The summed E-state index contributed by atoms with van der Waals surface area (Å²) in [7, 11) is 3.17. The number of hydrogen-bond donors (Lipinski definition) is 1. The number of carbonyl (C=O) groups excluding carboxylic acids is 1. The molecule has 0 radical (unpaired) electrons. The van der Waals surface area contributed by atoms with Crippen molar-refractivity contribution in [3.63, 3.8) is 0 Å². The van der Waals surface area contributed by atoms with Gasteiger partial charge in [-0.25, -0.2) is 4.79 Å². The van der Waals surface area contributed by atoms with Crippen LogP contribution in [0.1, 0.15) is 25.3 Å².